The van der Waals surface area contributed by atoms with E-state index in [9.17, 15) is 4.39 Å². The van der Waals surface area contributed by atoms with Crippen LogP contribution in [0.5, 0.6) is 0 Å². The van der Waals surface area contributed by atoms with Gasteiger partial charge in [-0.1, -0.05) is 0 Å². The largest absolute Gasteiger partial charge is 0.395 e. The molecule has 2 aromatic carbocycles. The average Bonchev–Trinajstić information content (AvgIpc) is 2.93. The van der Waals surface area contributed by atoms with E-state index in [1.54, 1.807) is 17.6 Å². The predicted octanol–water partition coefficient (Wildman–Crippen LogP) is 3.63. The number of fused-ring (bicyclic) bond motifs is 1. The normalized spacial score (nSPS) is 10.4. The molecule has 3 aromatic rings. The monoisotopic (exact) mass is 284 g/mol. The van der Waals surface area contributed by atoms with E-state index in [2.05, 4.69) is 10.3 Å². The van der Waals surface area contributed by atoms with Gasteiger partial charge < -0.3 is 11.1 Å². The van der Waals surface area contributed by atoms with Crippen molar-refractivity contribution in [3.8, 4) is 6.07 Å². The minimum Gasteiger partial charge on any atom is -0.395 e. The second-order valence-electron chi connectivity index (χ2n) is 4.16. The van der Waals surface area contributed by atoms with Crippen molar-refractivity contribution in [3.63, 3.8) is 0 Å². The fourth-order valence-electron chi connectivity index (χ4n) is 1.91. The van der Waals surface area contributed by atoms with Gasteiger partial charge in [0.25, 0.3) is 0 Å². The van der Waals surface area contributed by atoms with Crippen LogP contribution in [-0.2, 0) is 0 Å². The maximum Gasteiger partial charge on any atom is 0.141 e. The standard InChI is InChI=1S/C14H9FN4S/c15-10-2-1-9(5-8(10)6-16)19-11-3-4-12-14(13(11)17)18-7-20-12/h1-5,7,19H,17H2. The van der Waals surface area contributed by atoms with Crippen LogP contribution in [0.25, 0.3) is 10.2 Å². The van der Waals surface area contributed by atoms with E-state index >= 15 is 0 Å². The van der Waals surface area contributed by atoms with Crippen LogP contribution in [0, 0.1) is 17.1 Å². The average molecular weight is 284 g/mol. The molecule has 1 heterocycles. The number of nitrogen functional groups attached to an aromatic ring is 1. The number of hydrogen-bond acceptors (Lipinski definition) is 5. The number of rotatable bonds is 2. The maximum atomic E-state index is 13.3. The molecule has 20 heavy (non-hydrogen) atoms. The quantitative estimate of drug-likeness (QED) is 0.705. The summed E-state index contributed by atoms with van der Waals surface area (Å²) in [5.74, 6) is -0.541. The summed E-state index contributed by atoms with van der Waals surface area (Å²) in [6.45, 7) is 0. The van der Waals surface area contributed by atoms with Gasteiger partial charge in [-0.05, 0) is 30.3 Å². The minimum absolute atomic E-state index is 0.0108. The molecule has 0 aliphatic heterocycles. The molecule has 0 bridgehead atoms. The zero-order valence-electron chi connectivity index (χ0n) is 10.2. The van der Waals surface area contributed by atoms with Crippen molar-refractivity contribution < 1.29 is 4.39 Å². The second kappa shape index (κ2) is 4.79. The predicted molar refractivity (Wildman–Crippen MR) is 78.4 cm³/mol. The molecular weight excluding hydrogens is 275 g/mol. The molecule has 6 heteroatoms. The Labute approximate surface area is 118 Å². The van der Waals surface area contributed by atoms with Crippen molar-refractivity contribution in [2.75, 3.05) is 11.1 Å². The van der Waals surface area contributed by atoms with Gasteiger partial charge in [0.05, 0.1) is 27.1 Å². The molecule has 0 saturated carbocycles. The Morgan fingerprint density at radius 3 is 2.95 bits per heavy atom. The van der Waals surface area contributed by atoms with Crippen molar-refractivity contribution >= 4 is 38.6 Å². The number of benzene rings is 2. The molecule has 0 amide bonds. The van der Waals surface area contributed by atoms with Crippen molar-refractivity contribution in [2.45, 2.75) is 0 Å². The molecule has 0 spiro atoms. The zero-order chi connectivity index (χ0) is 14.1. The van der Waals surface area contributed by atoms with Gasteiger partial charge >= 0.3 is 0 Å². The molecule has 0 fully saturated rings. The Balaban J connectivity index is 2.01. The Hall–Kier alpha value is -2.65. The first-order chi connectivity index (χ1) is 9.69. The van der Waals surface area contributed by atoms with Crippen LogP contribution in [0.4, 0.5) is 21.5 Å². The first-order valence-corrected chi connectivity index (χ1v) is 6.65. The summed E-state index contributed by atoms with van der Waals surface area (Å²) in [5.41, 5.74) is 10.3. The second-order valence-corrected chi connectivity index (χ2v) is 5.04. The molecular formula is C14H9FN4S. The van der Waals surface area contributed by atoms with Gasteiger partial charge in [0.15, 0.2) is 0 Å². The van der Waals surface area contributed by atoms with Crippen molar-refractivity contribution in [1.82, 2.24) is 4.98 Å². The molecule has 0 aliphatic rings. The maximum absolute atomic E-state index is 13.3. The molecule has 1 aromatic heterocycles. The van der Waals surface area contributed by atoms with Crippen molar-refractivity contribution in [2.24, 2.45) is 0 Å². The summed E-state index contributed by atoms with van der Waals surface area (Å²) in [6.07, 6.45) is 0. The number of halogens is 1. The Kier molecular flexibility index (Phi) is 2.97. The van der Waals surface area contributed by atoms with Gasteiger partial charge in [-0.25, -0.2) is 9.37 Å². The smallest absolute Gasteiger partial charge is 0.141 e. The fourth-order valence-corrected chi connectivity index (χ4v) is 2.60. The summed E-state index contributed by atoms with van der Waals surface area (Å²) in [5, 5.41) is 11.9. The number of thiazole rings is 1. The van der Waals surface area contributed by atoms with E-state index in [1.165, 1.54) is 23.5 Å². The van der Waals surface area contributed by atoms with E-state index in [0.717, 1.165) is 10.2 Å². The summed E-state index contributed by atoms with van der Waals surface area (Å²) in [4.78, 5) is 4.21. The topological polar surface area (TPSA) is 74.7 Å². The van der Waals surface area contributed by atoms with Crippen LogP contribution in [-0.4, -0.2) is 4.98 Å². The van der Waals surface area contributed by atoms with Gasteiger partial charge in [0, 0.05) is 5.69 Å². The van der Waals surface area contributed by atoms with Crippen molar-refractivity contribution in [1.29, 1.82) is 5.26 Å². The fraction of sp³-hybridized carbons (Fsp3) is 0. The number of hydrogen-bond donors (Lipinski definition) is 2. The van der Waals surface area contributed by atoms with Crippen LogP contribution in [0.2, 0.25) is 0 Å². The molecule has 98 valence electrons. The minimum atomic E-state index is -0.541. The van der Waals surface area contributed by atoms with E-state index < -0.39 is 5.82 Å². The lowest BCUT2D eigenvalue weighted by Crippen LogP contribution is -1.98. The molecule has 4 nitrogen and oxygen atoms in total. The zero-order valence-corrected chi connectivity index (χ0v) is 11.0. The number of nitrogens with two attached hydrogens (primary N) is 1. The van der Waals surface area contributed by atoms with Crippen LogP contribution in [0.1, 0.15) is 5.56 Å². The highest BCUT2D eigenvalue weighted by atomic mass is 32.1. The molecule has 0 unspecified atom stereocenters. The third-order valence-corrected chi connectivity index (χ3v) is 3.70. The Bertz CT molecular complexity index is 835. The van der Waals surface area contributed by atoms with Crippen LogP contribution in [0.15, 0.2) is 35.8 Å². The van der Waals surface area contributed by atoms with Crippen LogP contribution >= 0.6 is 11.3 Å². The van der Waals surface area contributed by atoms with Gasteiger partial charge in [-0.15, -0.1) is 11.3 Å². The molecule has 0 radical (unpaired) electrons. The lowest BCUT2D eigenvalue weighted by atomic mass is 10.2. The lowest BCUT2D eigenvalue weighted by molar-refractivity contribution is 0.624. The van der Waals surface area contributed by atoms with E-state index in [4.69, 9.17) is 11.0 Å². The first-order valence-electron chi connectivity index (χ1n) is 5.77. The molecule has 0 atom stereocenters. The Morgan fingerprint density at radius 1 is 1.30 bits per heavy atom. The highest BCUT2D eigenvalue weighted by Gasteiger charge is 2.08. The van der Waals surface area contributed by atoms with E-state index in [1.807, 2.05) is 12.1 Å². The Morgan fingerprint density at radius 2 is 2.15 bits per heavy atom. The van der Waals surface area contributed by atoms with E-state index in [-0.39, 0.29) is 5.56 Å². The first kappa shape index (κ1) is 12.4. The van der Waals surface area contributed by atoms with Crippen LogP contribution in [0.3, 0.4) is 0 Å². The molecule has 3 N–H and O–H groups in total. The summed E-state index contributed by atoms with van der Waals surface area (Å²) < 4.78 is 14.3. The van der Waals surface area contributed by atoms with E-state index in [0.29, 0.717) is 17.1 Å². The number of anilines is 3. The number of nitriles is 1. The molecule has 0 aliphatic carbocycles. The van der Waals surface area contributed by atoms with Gasteiger partial charge in [0.1, 0.15) is 17.4 Å². The number of aromatic nitrogens is 1. The third-order valence-electron chi connectivity index (χ3n) is 2.91. The van der Waals surface area contributed by atoms with Gasteiger partial charge in [-0.2, -0.15) is 5.26 Å². The van der Waals surface area contributed by atoms with Gasteiger partial charge in [-0.3, -0.25) is 0 Å². The summed E-state index contributed by atoms with van der Waals surface area (Å²) >= 11 is 1.51. The number of nitrogens with zero attached hydrogens (tertiary/aromatic N) is 2. The highest BCUT2D eigenvalue weighted by Crippen LogP contribution is 2.32. The summed E-state index contributed by atoms with van der Waals surface area (Å²) in [6, 6.07) is 9.81. The van der Waals surface area contributed by atoms with Crippen molar-refractivity contribution in [3.05, 3.63) is 47.2 Å². The van der Waals surface area contributed by atoms with Crippen LogP contribution < -0.4 is 11.1 Å². The molecule has 3 rings (SSSR count). The molecule has 0 saturated heterocycles. The summed E-state index contributed by atoms with van der Waals surface area (Å²) in [7, 11) is 0. The highest BCUT2D eigenvalue weighted by molar-refractivity contribution is 7.16. The SMILES string of the molecule is N#Cc1cc(Nc2ccc3scnc3c2N)ccc1F. The third kappa shape index (κ3) is 2.04. The number of nitrogens with one attached hydrogen (secondary N) is 1. The van der Waals surface area contributed by atoms with Gasteiger partial charge in [0.2, 0.25) is 0 Å². The lowest BCUT2D eigenvalue weighted by Gasteiger charge is -2.10.